The largest absolute Gasteiger partial charge is 0.435 e. The van der Waals surface area contributed by atoms with Crippen LogP contribution in [0.2, 0.25) is 0 Å². The Hall–Kier alpha value is -3.03. The highest BCUT2D eigenvalue weighted by molar-refractivity contribution is 6.03. The van der Waals surface area contributed by atoms with Gasteiger partial charge in [0.1, 0.15) is 11.6 Å². The van der Waals surface area contributed by atoms with Crippen LogP contribution in [0, 0.1) is 18.7 Å². The minimum atomic E-state index is -2.92. The second-order valence-electron chi connectivity index (χ2n) is 6.23. The van der Waals surface area contributed by atoms with E-state index in [0.29, 0.717) is 16.9 Å². The topological polar surface area (TPSA) is 58.6 Å². The van der Waals surface area contributed by atoms with Gasteiger partial charge in [0.25, 0.3) is 0 Å². The fourth-order valence-electron chi connectivity index (χ4n) is 2.85. The van der Waals surface area contributed by atoms with Crippen LogP contribution >= 0.6 is 0 Å². The number of rotatable bonds is 5. The molecule has 5 nitrogen and oxygen atoms in total. The van der Waals surface area contributed by atoms with Crippen LogP contribution in [-0.2, 0) is 9.59 Å². The summed E-state index contributed by atoms with van der Waals surface area (Å²) in [5.74, 6) is -1.68. The first-order valence-corrected chi connectivity index (χ1v) is 8.26. The molecule has 1 aliphatic heterocycles. The Morgan fingerprint density at radius 2 is 1.93 bits per heavy atom. The number of nitrogens with one attached hydrogen (secondary N) is 1. The molecule has 0 saturated carbocycles. The van der Waals surface area contributed by atoms with Gasteiger partial charge in [-0.15, -0.1) is 0 Å². The third-order valence-corrected chi connectivity index (χ3v) is 4.31. The van der Waals surface area contributed by atoms with Crippen LogP contribution in [0.5, 0.6) is 5.75 Å². The van der Waals surface area contributed by atoms with E-state index in [1.54, 1.807) is 19.1 Å². The maximum absolute atomic E-state index is 13.7. The van der Waals surface area contributed by atoms with Crippen molar-refractivity contribution < 1.29 is 27.5 Å². The number of hydrogen-bond acceptors (Lipinski definition) is 3. The van der Waals surface area contributed by atoms with Crippen molar-refractivity contribution >= 4 is 23.2 Å². The summed E-state index contributed by atoms with van der Waals surface area (Å²) in [5.41, 5.74) is 1.28. The fraction of sp³-hybridized carbons (Fsp3) is 0.263. The molecule has 8 heteroatoms. The summed E-state index contributed by atoms with van der Waals surface area (Å²) in [6.07, 6.45) is 0.00784. The second-order valence-corrected chi connectivity index (χ2v) is 6.23. The number of carbonyl (C=O) groups excluding carboxylic acids is 2. The highest BCUT2D eigenvalue weighted by Crippen LogP contribution is 2.27. The minimum Gasteiger partial charge on any atom is -0.435 e. The maximum atomic E-state index is 13.7. The van der Waals surface area contributed by atoms with E-state index in [2.05, 4.69) is 10.1 Å². The molecule has 2 aromatic carbocycles. The smallest absolute Gasteiger partial charge is 0.387 e. The molecular weight excluding hydrogens is 361 g/mol. The highest BCUT2D eigenvalue weighted by atomic mass is 19.3. The molecule has 1 saturated heterocycles. The molecule has 0 aromatic heterocycles. The van der Waals surface area contributed by atoms with Gasteiger partial charge in [-0.2, -0.15) is 8.78 Å². The van der Waals surface area contributed by atoms with Gasteiger partial charge < -0.3 is 15.0 Å². The number of alkyl halides is 2. The Morgan fingerprint density at radius 3 is 2.56 bits per heavy atom. The standard InChI is InChI=1S/C19H17F3N2O3/c1-11-2-5-14(9-16(11)20)24-10-12(8-17(24)25)18(26)23-13-3-6-15(7-4-13)27-19(21)22/h2-7,9,12,19H,8,10H2,1H3,(H,23,26). The molecule has 0 spiro atoms. The molecule has 2 amide bonds. The van der Waals surface area contributed by atoms with E-state index >= 15 is 0 Å². The van der Waals surface area contributed by atoms with E-state index in [0.717, 1.165) is 0 Å². The molecular formula is C19H17F3N2O3. The van der Waals surface area contributed by atoms with Crippen LogP contribution in [0.4, 0.5) is 24.5 Å². The molecule has 142 valence electrons. The molecule has 0 aliphatic carbocycles. The molecule has 2 aromatic rings. The molecule has 0 radical (unpaired) electrons. The molecule has 1 atom stereocenters. The number of aryl methyl sites for hydroxylation is 1. The Balaban J connectivity index is 1.64. The van der Waals surface area contributed by atoms with Crippen molar-refractivity contribution in [3.63, 3.8) is 0 Å². The first kappa shape index (κ1) is 18.8. The monoisotopic (exact) mass is 378 g/mol. The van der Waals surface area contributed by atoms with Crippen molar-refractivity contribution in [3.8, 4) is 5.75 Å². The summed E-state index contributed by atoms with van der Waals surface area (Å²) >= 11 is 0. The second kappa shape index (κ2) is 7.69. The summed E-state index contributed by atoms with van der Waals surface area (Å²) in [7, 11) is 0. The summed E-state index contributed by atoms with van der Waals surface area (Å²) < 4.78 is 42.3. The van der Waals surface area contributed by atoms with Crippen LogP contribution in [0.15, 0.2) is 42.5 Å². The Bertz CT molecular complexity index is 856. The van der Waals surface area contributed by atoms with Gasteiger partial charge in [0.05, 0.1) is 5.92 Å². The van der Waals surface area contributed by atoms with E-state index in [9.17, 15) is 22.8 Å². The van der Waals surface area contributed by atoms with Crippen LogP contribution in [0.1, 0.15) is 12.0 Å². The first-order chi connectivity index (χ1) is 12.8. The van der Waals surface area contributed by atoms with E-state index < -0.39 is 18.3 Å². The van der Waals surface area contributed by atoms with Gasteiger partial charge in [-0.3, -0.25) is 9.59 Å². The van der Waals surface area contributed by atoms with Crippen LogP contribution in [0.25, 0.3) is 0 Å². The SMILES string of the molecule is Cc1ccc(N2CC(C(=O)Nc3ccc(OC(F)F)cc3)CC2=O)cc1F. The third kappa shape index (κ3) is 4.39. The Kier molecular flexibility index (Phi) is 5.34. The molecule has 27 heavy (non-hydrogen) atoms. The lowest BCUT2D eigenvalue weighted by Crippen LogP contribution is -2.28. The zero-order valence-electron chi connectivity index (χ0n) is 14.4. The van der Waals surface area contributed by atoms with Gasteiger partial charge in [-0.05, 0) is 48.9 Å². The van der Waals surface area contributed by atoms with Gasteiger partial charge >= 0.3 is 6.61 Å². The van der Waals surface area contributed by atoms with E-state index in [4.69, 9.17) is 0 Å². The van der Waals surface area contributed by atoms with Crippen molar-refractivity contribution in [1.82, 2.24) is 0 Å². The summed E-state index contributed by atoms with van der Waals surface area (Å²) in [4.78, 5) is 26.0. The number of anilines is 2. The minimum absolute atomic E-state index is 0.00784. The Labute approximate surface area is 153 Å². The van der Waals surface area contributed by atoms with Crippen LogP contribution < -0.4 is 15.0 Å². The molecule has 1 aliphatic rings. The quantitative estimate of drug-likeness (QED) is 0.863. The van der Waals surface area contributed by atoms with E-state index in [1.165, 1.54) is 35.2 Å². The van der Waals surface area contributed by atoms with Crippen molar-refractivity contribution in [3.05, 3.63) is 53.8 Å². The number of nitrogens with zero attached hydrogens (tertiary/aromatic N) is 1. The zero-order chi connectivity index (χ0) is 19.6. The van der Waals surface area contributed by atoms with Crippen LogP contribution in [-0.4, -0.2) is 25.0 Å². The van der Waals surface area contributed by atoms with Crippen molar-refractivity contribution in [2.24, 2.45) is 5.92 Å². The van der Waals surface area contributed by atoms with Gasteiger partial charge in [-0.25, -0.2) is 4.39 Å². The zero-order valence-corrected chi connectivity index (χ0v) is 14.4. The van der Waals surface area contributed by atoms with Crippen molar-refractivity contribution in [2.45, 2.75) is 20.0 Å². The molecule has 1 heterocycles. The summed E-state index contributed by atoms with van der Waals surface area (Å²) in [6, 6.07) is 9.97. The molecule has 0 bridgehead atoms. The normalized spacial score (nSPS) is 16.7. The number of halogens is 3. The third-order valence-electron chi connectivity index (χ3n) is 4.31. The molecule has 1 N–H and O–H groups in total. The lowest BCUT2D eigenvalue weighted by Gasteiger charge is -2.17. The van der Waals surface area contributed by atoms with Gasteiger partial charge in [0.15, 0.2) is 0 Å². The lowest BCUT2D eigenvalue weighted by atomic mass is 10.1. The fourth-order valence-corrected chi connectivity index (χ4v) is 2.85. The van der Waals surface area contributed by atoms with E-state index in [-0.39, 0.29) is 30.5 Å². The van der Waals surface area contributed by atoms with Crippen LogP contribution in [0.3, 0.4) is 0 Å². The van der Waals surface area contributed by atoms with E-state index in [1.807, 2.05) is 0 Å². The average Bonchev–Trinajstić information content (AvgIpc) is 3.00. The Morgan fingerprint density at radius 1 is 1.22 bits per heavy atom. The number of amides is 2. The van der Waals surface area contributed by atoms with Gasteiger partial charge in [0.2, 0.25) is 11.8 Å². The molecule has 3 rings (SSSR count). The maximum Gasteiger partial charge on any atom is 0.387 e. The predicted octanol–water partition coefficient (Wildman–Crippen LogP) is 3.73. The number of carbonyl (C=O) groups is 2. The number of hydrogen-bond donors (Lipinski definition) is 1. The van der Waals surface area contributed by atoms with Crippen molar-refractivity contribution in [1.29, 1.82) is 0 Å². The number of ether oxygens (including phenoxy) is 1. The molecule has 1 unspecified atom stereocenters. The van der Waals surface area contributed by atoms with Gasteiger partial charge in [-0.1, -0.05) is 6.07 Å². The number of benzene rings is 2. The van der Waals surface area contributed by atoms with Gasteiger partial charge in [0, 0.05) is 24.3 Å². The average molecular weight is 378 g/mol. The predicted molar refractivity (Wildman–Crippen MR) is 93.3 cm³/mol. The highest BCUT2D eigenvalue weighted by Gasteiger charge is 2.35. The summed E-state index contributed by atoms with van der Waals surface area (Å²) in [6.45, 7) is -1.16. The molecule has 1 fully saturated rings. The van der Waals surface area contributed by atoms with Crippen molar-refractivity contribution in [2.75, 3.05) is 16.8 Å². The lowest BCUT2D eigenvalue weighted by molar-refractivity contribution is -0.122. The first-order valence-electron chi connectivity index (χ1n) is 8.26. The summed E-state index contributed by atoms with van der Waals surface area (Å²) in [5, 5.41) is 2.64.